The van der Waals surface area contributed by atoms with Crippen molar-refractivity contribution in [2.24, 2.45) is 0 Å². The van der Waals surface area contributed by atoms with Gasteiger partial charge in [0.2, 0.25) is 0 Å². The SMILES string of the molecule is COC(=O)C1CCN1c1ccc([N+](=O)[O-])cc1C. The topological polar surface area (TPSA) is 72.7 Å². The summed E-state index contributed by atoms with van der Waals surface area (Å²) >= 11 is 0. The maximum Gasteiger partial charge on any atom is 0.328 e. The Bertz CT molecular complexity index is 501. The molecule has 0 radical (unpaired) electrons. The normalized spacial score (nSPS) is 18.1. The van der Waals surface area contributed by atoms with Crippen molar-refractivity contribution in [2.45, 2.75) is 19.4 Å². The van der Waals surface area contributed by atoms with Crippen molar-refractivity contribution in [1.29, 1.82) is 0 Å². The Balaban J connectivity index is 2.24. The fourth-order valence-electron chi connectivity index (χ4n) is 2.13. The number of esters is 1. The van der Waals surface area contributed by atoms with E-state index >= 15 is 0 Å². The molecule has 2 rings (SSSR count). The zero-order valence-electron chi connectivity index (χ0n) is 10.3. The van der Waals surface area contributed by atoms with Gasteiger partial charge in [-0.1, -0.05) is 0 Å². The number of ether oxygens (including phenoxy) is 1. The highest BCUT2D eigenvalue weighted by molar-refractivity contribution is 5.82. The third-order valence-electron chi connectivity index (χ3n) is 3.19. The summed E-state index contributed by atoms with van der Waals surface area (Å²) in [5.41, 5.74) is 1.70. The first-order valence-corrected chi connectivity index (χ1v) is 5.64. The van der Waals surface area contributed by atoms with Crippen molar-refractivity contribution in [3.05, 3.63) is 33.9 Å². The average molecular weight is 250 g/mol. The number of carbonyl (C=O) groups is 1. The zero-order valence-corrected chi connectivity index (χ0v) is 10.3. The zero-order chi connectivity index (χ0) is 13.3. The predicted octanol–water partition coefficient (Wildman–Crippen LogP) is 1.65. The standard InChI is InChI=1S/C12H14N2O4/c1-8-7-9(14(16)17)3-4-10(8)13-6-5-11(13)12(15)18-2/h3-4,7,11H,5-6H2,1-2H3. The number of methoxy groups -OCH3 is 1. The van der Waals surface area contributed by atoms with Crippen molar-refractivity contribution < 1.29 is 14.5 Å². The van der Waals surface area contributed by atoms with Crippen LogP contribution in [0.3, 0.4) is 0 Å². The van der Waals surface area contributed by atoms with E-state index in [1.807, 2.05) is 4.90 Å². The van der Waals surface area contributed by atoms with Crippen molar-refractivity contribution >= 4 is 17.3 Å². The van der Waals surface area contributed by atoms with E-state index in [0.29, 0.717) is 0 Å². The lowest BCUT2D eigenvalue weighted by molar-refractivity contribution is -0.384. The molecule has 6 nitrogen and oxygen atoms in total. The molecule has 1 aliphatic heterocycles. The second kappa shape index (κ2) is 4.64. The van der Waals surface area contributed by atoms with Crippen LogP contribution in [0.2, 0.25) is 0 Å². The molecule has 0 N–H and O–H groups in total. The predicted molar refractivity (Wildman–Crippen MR) is 65.6 cm³/mol. The molecule has 1 atom stereocenters. The van der Waals surface area contributed by atoms with Crippen LogP contribution in [0.5, 0.6) is 0 Å². The van der Waals surface area contributed by atoms with Gasteiger partial charge < -0.3 is 9.64 Å². The molecule has 0 aromatic heterocycles. The Morgan fingerprint density at radius 1 is 1.56 bits per heavy atom. The van der Waals surface area contributed by atoms with Gasteiger partial charge in [-0.3, -0.25) is 10.1 Å². The lowest BCUT2D eigenvalue weighted by atomic mass is 10.00. The molecule has 6 heteroatoms. The molecule has 0 bridgehead atoms. The summed E-state index contributed by atoms with van der Waals surface area (Å²) in [5.74, 6) is -0.265. The highest BCUT2D eigenvalue weighted by atomic mass is 16.6. The first-order valence-electron chi connectivity index (χ1n) is 5.64. The van der Waals surface area contributed by atoms with Gasteiger partial charge in [0.05, 0.1) is 12.0 Å². The van der Waals surface area contributed by atoms with Gasteiger partial charge in [-0.05, 0) is 25.0 Å². The minimum atomic E-state index is -0.426. The van der Waals surface area contributed by atoms with Crippen LogP contribution < -0.4 is 4.90 Å². The van der Waals surface area contributed by atoms with Gasteiger partial charge in [-0.25, -0.2) is 4.79 Å². The van der Waals surface area contributed by atoms with Crippen LogP contribution in [0.25, 0.3) is 0 Å². The number of carbonyl (C=O) groups excluding carboxylic acids is 1. The maximum absolute atomic E-state index is 11.5. The van der Waals surface area contributed by atoms with Crippen LogP contribution in [-0.2, 0) is 9.53 Å². The number of nitro groups is 1. The molecule has 1 aromatic carbocycles. The van der Waals surface area contributed by atoms with E-state index in [0.717, 1.165) is 24.2 Å². The minimum Gasteiger partial charge on any atom is -0.467 e. The third-order valence-corrected chi connectivity index (χ3v) is 3.19. The highest BCUT2D eigenvalue weighted by Crippen LogP contribution is 2.31. The number of hydrogen-bond acceptors (Lipinski definition) is 5. The molecule has 0 amide bonds. The summed E-state index contributed by atoms with van der Waals surface area (Å²) in [6.45, 7) is 2.56. The van der Waals surface area contributed by atoms with Crippen molar-refractivity contribution in [2.75, 3.05) is 18.6 Å². The van der Waals surface area contributed by atoms with Gasteiger partial charge in [0.1, 0.15) is 6.04 Å². The van der Waals surface area contributed by atoms with E-state index in [1.165, 1.54) is 19.2 Å². The van der Waals surface area contributed by atoms with Crippen molar-refractivity contribution in [1.82, 2.24) is 0 Å². The van der Waals surface area contributed by atoms with E-state index in [-0.39, 0.29) is 17.7 Å². The Kier molecular flexibility index (Phi) is 3.18. The smallest absolute Gasteiger partial charge is 0.328 e. The molecule has 1 aromatic rings. The molecule has 1 aliphatic rings. The van der Waals surface area contributed by atoms with Gasteiger partial charge in [0, 0.05) is 24.4 Å². The van der Waals surface area contributed by atoms with Gasteiger partial charge in [0.15, 0.2) is 0 Å². The van der Waals surface area contributed by atoms with Crippen molar-refractivity contribution in [3.63, 3.8) is 0 Å². The van der Waals surface area contributed by atoms with E-state index in [2.05, 4.69) is 0 Å². The van der Waals surface area contributed by atoms with E-state index in [9.17, 15) is 14.9 Å². The summed E-state index contributed by atoms with van der Waals surface area (Å²) in [4.78, 5) is 23.6. The number of anilines is 1. The van der Waals surface area contributed by atoms with Gasteiger partial charge >= 0.3 is 5.97 Å². The number of nitro benzene ring substituents is 1. The second-order valence-electron chi connectivity index (χ2n) is 4.25. The van der Waals surface area contributed by atoms with E-state index < -0.39 is 4.92 Å². The molecule has 1 heterocycles. The van der Waals surface area contributed by atoms with Crippen LogP contribution in [0.15, 0.2) is 18.2 Å². The average Bonchev–Trinajstić information content (AvgIpc) is 2.29. The highest BCUT2D eigenvalue weighted by Gasteiger charge is 2.35. The summed E-state index contributed by atoms with van der Waals surface area (Å²) < 4.78 is 4.72. The summed E-state index contributed by atoms with van der Waals surface area (Å²) in [6.07, 6.45) is 0.753. The lowest BCUT2D eigenvalue weighted by Crippen LogP contribution is -2.53. The molecule has 0 spiro atoms. The Labute approximate surface area is 104 Å². The summed E-state index contributed by atoms with van der Waals surface area (Å²) in [5, 5.41) is 10.7. The third kappa shape index (κ3) is 2.01. The molecule has 0 saturated carbocycles. The number of hydrogen-bond donors (Lipinski definition) is 0. The first kappa shape index (κ1) is 12.3. The summed E-state index contributed by atoms with van der Waals surface area (Å²) in [6, 6.07) is 4.38. The first-order chi connectivity index (χ1) is 8.54. The lowest BCUT2D eigenvalue weighted by Gasteiger charge is -2.41. The monoisotopic (exact) mass is 250 g/mol. The number of rotatable bonds is 3. The summed E-state index contributed by atoms with van der Waals surface area (Å²) in [7, 11) is 1.36. The molecule has 1 unspecified atom stereocenters. The molecular formula is C12H14N2O4. The number of non-ortho nitro benzene ring substituents is 1. The van der Waals surface area contributed by atoms with Gasteiger partial charge in [0.25, 0.3) is 5.69 Å². The van der Waals surface area contributed by atoms with Crippen LogP contribution in [0.4, 0.5) is 11.4 Å². The quantitative estimate of drug-likeness (QED) is 0.463. The van der Waals surface area contributed by atoms with Crippen LogP contribution in [0.1, 0.15) is 12.0 Å². The maximum atomic E-state index is 11.5. The Morgan fingerprint density at radius 2 is 2.28 bits per heavy atom. The van der Waals surface area contributed by atoms with E-state index in [4.69, 9.17) is 4.74 Å². The van der Waals surface area contributed by atoms with Crippen molar-refractivity contribution in [3.8, 4) is 0 Å². The minimum absolute atomic E-state index is 0.0615. The molecule has 0 aliphatic carbocycles. The molecule has 1 fully saturated rings. The number of nitrogens with zero attached hydrogens (tertiary/aromatic N) is 2. The Morgan fingerprint density at radius 3 is 2.72 bits per heavy atom. The van der Waals surface area contributed by atoms with E-state index in [1.54, 1.807) is 13.0 Å². The number of aryl methyl sites for hydroxylation is 1. The molecule has 1 saturated heterocycles. The largest absolute Gasteiger partial charge is 0.467 e. The van der Waals surface area contributed by atoms with Crippen LogP contribution in [-0.4, -0.2) is 30.6 Å². The molecule has 18 heavy (non-hydrogen) atoms. The van der Waals surface area contributed by atoms with Gasteiger partial charge in [-0.15, -0.1) is 0 Å². The Hall–Kier alpha value is -2.11. The second-order valence-corrected chi connectivity index (χ2v) is 4.25. The van der Waals surface area contributed by atoms with Crippen LogP contribution >= 0.6 is 0 Å². The number of benzene rings is 1. The fraction of sp³-hybridized carbons (Fsp3) is 0.417. The van der Waals surface area contributed by atoms with Gasteiger partial charge in [-0.2, -0.15) is 0 Å². The fourth-order valence-corrected chi connectivity index (χ4v) is 2.13. The molecular weight excluding hydrogens is 236 g/mol. The molecule has 96 valence electrons. The van der Waals surface area contributed by atoms with Crippen LogP contribution in [0, 0.1) is 17.0 Å².